The first-order valence-corrected chi connectivity index (χ1v) is 7.25. The highest BCUT2D eigenvalue weighted by Crippen LogP contribution is 2.29. The summed E-state index contributed by atoms with van der Waals surface area (Å²) in [5, 5.41) is 12.6. The molecule has 2 aromatic rings. The second kappa shape index (κ2) is 5.82. The van der Waals surface area contributed by atoms with E-state index in [1.807, 2.05) is 30.5 Å². The SMILES string of the molecule is Cc1csc(COc2ccc(Br)cc2[C@H](C)O)n1. The lowest BCUT2D eigenvalue weighted by molar-refractivity contribution is 0.190. The van der Waals surface area contributed by atoms with Crippen LogP contribution in [0.1, 0.15) is 29.3 Å². The first-order valence-electron chi connectivity index (χ1n) is 5.57. The number of hydrogen-bond donors (Lipinski definition) is 1. The van der Waals surface area contributed by atoms with Crippen LogP contribution in [0.2, 0.25) is 0 Å². The van der Waals surface area contributed by atoms with Crippen LogP contribution in [-0.2, 0) is 6.61 Å². The van der Waals surface area contributed by atoms with Crippen molar-refractivity contribution in [2.75, 3.05) is 0 Å². The van der Waals surface area contributed by atoms with Crippen molar-refractivity contribution in [2.24, 2.45) is 0 Å². The Balaban J connectivity index is 2.13. The first-order chi connectivity index (χ1) is 8.56. The zero-order valence-electron chi connectivity index (χ0n) is 10.2. The molecule has 0 bridgehead atoms. The molecule has 0 saturated carbocycles. The molecule has 0 unspecified atom stereocenters. The van der Waals surface area contributed by atoms with Crippen molar-refractivity contribution in [3.05, 3.63) is 44.3 Å². The van der Waals surface area contributed by atoms with Gasteiger partial charge >= 0.3 is 0 Å². The first kappa shape index (κ1) is 13.5. The summed E-state index contributed by atoms with van der Waals surface area (Å²) in [6.07, 6.45) is -0.560. The predicted molar refractivity (Wildman–Crippen MR) is 76.0 cm³/mol. The molecule has 1 atom stereocenters. The minimum Gasteiger partial charge on any atom is -0.486 e. The van der Waals surface area contributed by atoms with Gasteiger partial charge in [-0.1, -0.05) is 15.9 Å². The Bertz CT molecular complexity index is 540. The van der Waals surface area contributed by atoms with Crippen molar-refractivity contribution < 1.29 is 9.84 Å². The normalized spacial score (nSPS) is 12.4. The number of benzene rings is 1. The summed E-state index contributed by atoms with van der Waals surface area (Å²) < 4.78 is 6.65. The van der Waals surface area contributed by atoms with Crippen molar-refractivity contribution in [3.63, 3.8) is 0 Å². The lowest BCUT2D eigenvalue weighted by Gasteiger charge is -2.13. The molecule has 0 aliphatic carbocycles. The van der Waals surface area contributed by atoms with Gasteiger partial charge in [0.1, 0.15) is 17.4 Å². The van der Waals surface area contributed by atoms with Crippen LogP contribution in [-0.4, -0.2) is 10.1 Å². The van der Waals surface area contributed by atoms with Crippen LogP contribution in [0, 0.1) is 6.92 Å². The van der Waals surface area contributed by atoms with Crippen LogP contribution in [0.15, 0.2) is 28.1 Å². The Morgan fingerprint density at radius 1 is 1.50 bits per heavy atom. The number of rotatable bonds is 4. The molecule has 3 nitrogen and oxygen atoms in total. The molecule has 1 N–H and O–H groups in total. The molecule has 0 saturated heterocycles. The van der Waals surface area contributed by atoms with E-state index in [1.165, 1.54) is 0 Å². The topological polar surface area (TPSA) is 42.4 Å². The molecular formula is C13H14BrNO2S. The van der Waals surface area contributed by atoms with Crippen LogP contribution in [0.4, 0.5) is 0 Å². The van der Waals surface area contributed by atoms with E-state index in [2.05, 4.69) is 20.9 Å². The van der Waals surface area contributed by atoms with E-state index in [9.17, 15) is 5.11 Å². The van der Waals surface area contributed by atoms with Crippen LogP contribution >= 0.6 is 27.3 Å². The number of thiazole rings is 1. The Hall–Kier alpha value is -0.910. The van der Waals surface area contributed by atoms with E-state index in [1.54, 1.807) is 18.3 Å². The molecule has 2 rings (SSSR count). The number of ether oxygens (including phenoxy) is 1. The summed E-state index contributed by atoms with van der Waals surface area (Å²) in [7, 11) is 0. The fourth-order valence-corrected chi connectivity index (χ4v) is 2.65. The van der Waals surface area contributed by atoms with E-state index >= 15 is 0 Å². The number of aromatic nitrogens is 1. The monoisotopic (exact) mass is 327 g/mol. The van der Waals surface area contributed by atoms with Gasteiger partial charge in [-0.15, -0.1) is 11.3 Å². The van der Waals surface area contributed by atoms with E-state index in [-0.39, 0.29) is 0 Å². The quantitative estimate of drug-likeness (QED) is 0.927. The Morgan fingerprint density at radius 3 is 2.89 bits per heavy atom. The molecule has 1 aromatic heterocycles. The zero-order chi connectivity index (χ0) is 13.1. The minimum absolute atomic E-state index is 0.430. The Kier molecular flexibility index (Phi) is 4.37. The van der Waals surface area contributed by atoms with Gasteiger partial charge in [0, 0.05) is 21.1 Å². The Labute approximate surface area is 119 Å². The molecule has 5 heteroatoms. The fraction of sp³-hybridized carbons (Fsp3) is 0.308. The maximum Gasteiger partial charge on any atom is 0.140 e. The lowest BCUT2D eigenvalue weighted by atomic mass is 10.1. The van der Waals surface area contributed by atoms with Gasteiger partial charge in [0.05, 0.1) is 6.10 Å². The third-order valence-corrected chi connectivity index (χ3v) is 3.87. The molecule has 1 heterocycles. The van der Waals surface area contributed by atoms with Gasteiger partial charge in [-0.3, -0.25) is 0 Å². The van der Waals surface area contributed by atoms with Crippen molar-refractivity contribution in [1.82, 2.24) is 4.98 Å². The summed E-state index contributed by atoms with van der Waals surface area (Å²) in [4.78, 5) is 4.34. The summed E-state index contributed by atoms with van der Waals surface area (Å²) in [6, 6.07) is 5.62. The molecule has 0 radical (unpaired) electrons. The smallest absolute Gasteiger partial charge is 0.140 e. The largest absolute Gasteiger partial charge is 0.486 e. The van der Waals surface area contributed by atoms with Gasteiger partial charge in [-0.2, -0.15) is 0 Å². The number of aliphatic hydroxyl groups is 1. The molecular weight excluding hydrogens is 314 g/mol. The second-order valence-electron chi connectivity index (χ2n) is 4.03. The van der Waals surface area contributed by atoms with Crippen LogP contribution in [0.25, 0.3) is 0 Å². The van der Waals surface area contributed by atoms with E-state index in [0.29, 0.717) is 12.4 Å². The molecule has 18 heavy (non-hydrogen) atoms. The van der Waals surface area contributed by atoms with E-state index < -0.39 is 6.10 Å². The van der Waals surface area contributed by atoms with Gasteiger partial charge in [0.25, 0.3) is 0 Å². The van der Waals surface area contributed by atoms with Gasteiger partial charge < -0.3 is 9.84 Å². The third-order valence-electron chi connectivity index (χ3n) is 2.44. The zero-order valence-corrected chi connectivity index (χ0v) is 12.6. The highest BCUT2D eigenvalue weighted by atomic mass is 79.9. The van der Waals surface area contributed by atoms with E-state index in [4.69, 9.17) is 4.74 Å². The summed E-state index contributed by atoms with van der Waals surface area (Å²) in [6.45, 7) is 4.11. The average molecular weight is 328 g/mol. The van der Waals surface area contributed by atoms with Crippen LogP contribution in [0.3, 0.4) is 0 Å². The maximum atomic E-state index is 9.72. The van der Waals surface area contributed by atoms with Gasteiger partial charge in [-0.05, 0) is 32.0 Å². The molecule has 96 valence electrons. The number of nitrogens with zero attached hydrogens (tertiary/aromatic N) is 1. The van der Waals surface area contributed by atoms with Crippen molar-refractivity contribution in [3.8, 4) is 5.75 Å². The Morgan fingerprint density at radius 2 is 2.28 bits per heavy atom. The summed E-state index contributed by atoms with van der Waals surface area (Å²) in [5.41, 5.74) is 1.78. The highest BCUT2D eigenvalue weighted by molar-refractivity contribution is 9.10. The second-order valence-corrected chi connectivity index (χ2v) is 5.89. The highest BCUT2D eigenvalue weighted by Gasteiger charge is 2.10. The van der Waals surface area contributed by atoms with Crippen molar-refractivity contribution in [2.45, 2.75) is 26.6 Å². The van der Waals surface area contributed by atoms with Crippen molar-refractivity contribution in [1.29, 1.82) is 0 Å². The van der Waals surface area contributed by atoms with Crippen molar-refractivity contribution >= 4 is 27.3 Å². The molecule has 0 spiro atoms. The predicted octanol–water partition coefficient (Wildman–Crippen LogP) is 3.85. The van der Waals surface area contributed by atoms with Gasteiger partial charge in [-0.25, -0.2) is 4.98 Å². The average Bonchev–Trinajstić information content (AvgIpc) is 2.73. The molecule has 0 aliphatic rings. The molecule has 1 aromatic carbocycles. The lowest BCUT2D eigenvalue weighted by Crippen LogP contribution is -2.01. The number of aryl methyl sites for hydroxylation is 1. The molecule has 0 aliphatic heterocycles. The number of aliphatic hydroxyl groups excluding tert-OH is 1. The molecule has 0 amide bonds. The number of hydrogen-bond acceptors (Lipinski definition) is 4. The molecule has 0 fully saturated rings. The summed E-state index contributed by atoms with van der Waals surface area (Å²) in [5.74, 6) is 0.695. The van der Waals surface area contributed by atoms with E-state index in [0.717, 1.165) is 20.7 Å². The van der Waals surface area contributed by atoms with Gasteiger partial charge in [0.15, 0.2) is 0 Å². The van der Waals surface area contributed by atoms with Crippen LogP contribution < -0.4 is 4.74 Å². The fourth-order valence-electron chi connectivity index (χ4n) is 1.59. The standard InChI is InChI=1S/C13H14BrNO2S/c1-8-7-18-13(15-8)6-17-12-4-3-10(14)5-11(12)9(2)16/h3-5,7,9,16H,6H2,1-2H3/t9-/m0/s1. The summed E-state index contributed by atoms with van der Waals surface area (Å²) >= 11 is 4.97. The third kappa shape index (κ3) is 3.31. The van der Waals surface area contributed by atoms with Crippen LogP contribution in [0.5, 0.6) is 5.75 Å². The minimum atomic E-state index is -0.560. The maximum absolute atomic E-state index is 9.72. The number of halogens is 1. The van der Waals surface area contributed by atoms with Gasteiger partial charge in [0.2, 0.25) is 0 Å².